The second-order valence-corrected chi connectivity index (χ2v) is 6.64. The van der Waals surface area contributed by atoms with Crippen LogP contribution in [-0.2, 0) is 14.3 Å². The Balaban J connectivity index is 1.61. The van der Waals surface area contributed by atoms with Crippen molar-refractivity contribution in [1.82, 2.24) is 0 Å². The first kappa shape index (κ1) is 10.9. The largest absolute Gasteiger partial charge is 0.456 e. The molecule has 5 atom stereocenters. The lowest BCUT2D eigenvalue weighted by molar-refractivity contribution is -0.193. The summed E-state index contributed by atoms with van der Waals surface area (Å²) in [6.45, 7) is 0. The molecule has 2 bridgehead atoms. The van der Waals surface area contributed by atoms with Gasteiger partial charge in [-0.05, 0) is 37.0 Å². The van der Waals surface area contributed by atoms with Crippen LogP contribution in [0.15, 0.2) is 0 Å². The van der Waals surface area contributed by atoms with Crippen LogP contribution >= 0.6 is 0 Å². The molecule has 0 aromatic rings. The van der Waals surface area contributed by atoms with Gasteiger partial charge < -0.3 is 4.74 Å². The minimum atomic E-state index is -1.95. The smallest absolute Gasteiger partial charge is 0.357 e. The van der Waals surface area contributed by atoms with Crippen LogP contribution in [0.3, 0.4) is 0 Å². The van der Waals surface area contributed by atoms with Crippen LogP contribution in [-0.4, -0.2) is 23.1 Å². The Morgan fingerprint density at radius 2 is 2.00 bits per heavy atom. The average Bonchev–Trinajstić information content (AvgIpc) is 2.69. The van der Waals surface area contributed by atoms with E-state index in [4.69, 9.17) is 21.9 Å². The molecule has 6 heteroatoms. The Morgan fingerprint density at radius 1 is 1.28 bits per heavy atom. The molecule has 0 radical (unpaired) electrons. The van der Waals surface area contributed by atoms with Gasteiger partial charge in [0.2, 0.25) is 5.79 Å². The van der Waals surface area contributed by atoms with Gasteiger partial charge in [0, 0.05) is 11.8 Å². The van der Waals surface area contributed by atoms with Crippen LogP contribution in [0.25, 0.3) is 0 Å². The van der Waals surface area contributed by atoms with E-state index in [0.717, 1.165) is 19.3 Å². The van der Waals surface area contributed by atoms with E-state index in [1.165, 1.54) is 0 Å². The molecular formula is C12H17N3O3. The molecule has 4 aliphatic rings. The van der Waals surface area contributed by atoms with Gasteiger partial charge in [-0.1, -0.05) is 0 Å². The van der Waals surface area contributed by atoms with E-state index in [2.05, 4.69) is 0 Å². The number of esters is 1. The molecule has 0 aromatic heterocycles. The van der Waals surface area contributed by atoms with Crippen LogP contribution in [0.2, 0.25) is 0 Å². The fraction of sp³-hybridized carbons (Fsp3) is 0.833. The molecular weight excluding hydrogens is 234 g/mol. The van der Waals surface area contributed by atoms with Crippen LogP contribution < -0.4 is 17.2 Å². The van der Waals surface area contributed by atoms with Crippen LogP contribution in [0.5, 0.6) is 0 Å². The summed E-state index contributed by atoms with van der Waals surface area (Å²) in [4.78, 5) is 23.6. The Morgan fingerprint density at radius 3 is 2.61 bits per heavy atom. The van der Waals surface area contributed by atoms with Gasteiger partial charge in [-0.15, -0.1) is 0 Å². The molecule has 4 fully saturated rings. The molecule has 18 heavy (non-hydrogen) atoms. The normalized spacial score (nSPS) is 51.5. The Bertz CT molecular complexity index is 485. The van der Waals surface area contributed by atoms with Crippen molar-refractivity contribution in [2.75, 3.05) is 0 Å². The summed E-state index contributed by atoms with van der Waals surface area (Å²) in [7, 11) is 0. The van der Waals surface area contributed by atoms with Crippen molar-refractivity contribution in [3.63, 3.8) is 0 Å². The first-order valence-electron chi connectivity index (χ1n) is 6.42. The van der Waals surface area contributed by atoms with Crippen LogP contribution in [0.1, 0.15) is 25.7 Å². The first-order valence-corrected chi connectivity index (χ1v) is 6.42. The minimum Gasteiger partial charge on any atom is -0.456 e. The summed E-state index contributed by atoms with van der Waals surface area (Å²) < 4.78 is 5.51. The molecule has 0 aliphatic heterocycles. The molecule has 6 N–H and O–H groups in total. The number of fused-ring (bicyclic) bond motifs is 1. The summed E-state index contributed by atoms with van der Waals surface area (Å²) in [5, 5.41) is 0. The van der Waals surface area contributed by atoms with E-state index >= 15 is 0 Å². The zero-order valence-electron chi connectivity index (χ0n) is 10.0. The van der Waals surface area contributed by atoms with Gasteiger partial charge in [0.05, 0.1) is 0 Å². The number of rotatable bonds is 2. The number of ether oxygens (including phenoxy) is 1. The van der Waals surface area contributed by atoms with Crippen molar-refractivity contribution < 1.29 is 14.3 Å². The quantitative estimate of drug-likeness (QED) is 0.419. The summed E-state index contributed by atoms with van der Waals surface area (Å²) in [5.41, 5.74) is 15.7. The number of carbonyl (C=O) groups is 2. The summed E-state index contributed by atoms with van der Waals surface area (Å²) in [5.74, 6) is -1.48. The monoisotopic (exact) mass is 251 g/mol. The maximum atomic E-state index is 11.9. The van der Waals surface area contributed by atoms with Gasteiger partial charge in [0.15, 0.2) is 0 Å². The molecule has 5 unspecified atom stereocenters. The lowest BCUT2D eigenvalue weighted by Gasteiger charge is -2.64. The molecule has 4 rings (SSSR count). The molecule has 0 aromatic carbocycles. The van der Waals surface area contributed by atoms with Crippen molar-refractivity contribution in [2.45, 2.75) is 37.1 Å². The van der Waals surface area contributed by atoms with E-state index in [1.54, 1.807) is 0 Å². The third kappa shape index (κ3) is 0.941. The molecule has 4 saturated carbocycles. The molecule has 6 nitrogen and oxygen atoms in total. The highest BCUT2D eigenvalue weighted by Crippen LogP contribution is 2.81. The first-order chi connectivity index (χ1) is 8.29. The number of hydrogen-bond donors (Lipinski definition) is 3. The second-order valence-electron chi connectivity index (χ2n) is 6.64. The Labute approximate surface area is 104 Å². The summed E-state index contributed by atoms with van der Waals surface area (Å²) >= 11 is 0. The summed E-state index contributed by atoms with van der Waals surface area (Å²) in [6.07, 6.45) is 3.25. The van der Waals surface area contributed by atoms with Gasteiger partial charge in [0.1, 0.15) is 11.4 Å². The van der Waals surface area contributed by atoms with Gasteiger partial charge in [0.25, 0.3) is 0 Å². The van der Waals surface area contributed by atoms with Crippen molar-refractivity contribution in [3.05, 3.63) is 0 Å². The molecule has 4 aliphatic carbocycles. The van der Waals surface area contributed by atoms with Gasteiger partial charge >= 0.3 is 5.97 Å². The molecule has 98 valence electrons. The Hall–Kier alpha value is -0.980. The van der Waals surface area contributed by atoms with Gasteiger partial charge in [-0.25, -0.2) is 4.79 Å². The van der Waals surface area contributed by atoms with Crippen molar-refractivity contribution >= 4 is 11.8 Å². The van der Waals surface area contributed by atoms with E-state index in [0.29, 0.717) is 18.1 Å². The fourth-order valence-electron chi connectivity index (χ4n) is 5.13. The predicted molar refractivity (Wildman–Crippen MR) is 60.5 cm³/mol. The SMILES string of the molecule is NC(N)(N)C(=O)OC12CC3CC4C(=O)C(C1)C34C2. The van der Waals surface area contributed by atoms with E-state index in [1.807, 2.05) is 0 Å². The van der Waals surface area contributed by atoms with Crippen molar-refractivity contribution in [3.8, 4) is 0 Å². The lowest BCUT2D eigenvalue weighted by atomic mass is 9.38. The number of Topliss-reactive ketones (excluding diaryl/α,β-unsaturated/α-hetero) is 1. The number of ketones is 1. The van der Waals surface area contributed by atoms with Crippen LogP contribution in [0.4, 0.5) is 0 Å². The zero-order chi connectivity index (χ0) is 12.9. The number of hydrogen-bond acceptors (Lipinski definition) is 6. The van der Waals surface area contributed by atoms with Gasteiger partial charge in [-0.3, -0.25) is 22.0 Å². The van der Waals surface area contributed by atoms with Crippen molar-refractivity contribution in [2.24, 2.45) is 40.4 Å². The molecule has 0 amide bonds. The highest BCUT2D eigenvalue weighted by molar-refractivity contribution is 5.95. The maximum absolute atomic E-state index is 11.9. The van der Waals surface area contributed by atoms with Gasteiger partial charge in [-0.2, -0.15) is 0 Å². The third-order valence-electron chi connectivity index (χ3n) is 5.75. The zero-order valence-corrected chi connectivity index (χ0v) is 10.0. The topological polar surface area (TPSA) is 121 Å². The fourth-order valence-corrected chi connectivity index (χ4v) is 5.13. The predicted octanol–water partition coefficient (Wildman–Crippen LogP) is -1.18. The molecule has 0 heterocycles. The average molecular weight is 251 g/mol. The van der Waals surface area contributed by atoms with E-state index < -0.39 is 17.4 Å². The van der Waals surface area contributed by atoms with E-state index in [9.17, 15) is 9.59 Å². The highest BCUT2D eigenvalue weighted by Gasteiger charge is 2.82. The standard InChI is InChI=1S/C12H17N3O3/c13-12(14,15)9(17)18-10-2-5-1-6-8(16)7(3-10)11(5,6)4-10/h5-7H,1-4,13-15H2. The summed E-state index contributed by atoms with van der Waals surface area (Å²) in [6, 6.07) is 0. The maximum Gasteiger partial charge on any atom is 0.357 e. The number of nitrogens with two attached hydrogens (primary N) is 3. The molecule has 1 spiro atoms. The minimum absolute atomic E-state index is 0.102. The number of carbonyl (C=O) groups excluding carboxylic acids is 2. The van der Waals surface area contributed by atoms with Crippen molar-refractivity contribution in [1.29, 1.82) is 0 Å². The second kappa shape index (κ2) is 2.64. The lowest BCUT2D eigenvalue weighted by Crippen LogP contribution is -2.67. The third-order valence-corrected chi connectivity index (χ3v) is 5.75. The Kier molecular flexibility index (Phi) is 1.60. The highest BCUT2D eigenvalue weighted by atomic mass is 16.6. The molecule has 0 saturated heterocycles. The van der Waals surface area contributed by atoms with Crippen LogP contribution in [0, 0.1) is 23.2 Å². The van der Waals surface area contributed by atoms with E-state index in [-0.39, 0.29) is 17.3 Å².